The van der Waals surface area contributed by atoms with E-state index in [2.05, 4.69) is 5.32 Å². The molecule has 0 aromatic heterocycles. The number of hydrogen-bond acceptors (Lipinski definition) is 3. The summed E-state index contributed by atoms with van der Waals surface area (Å²) in [4.78, 5) is 14.8. The van der Waals surface area contributed by atoms with E-state index in [9.17, 15) is 4.79 Å². The Morgan fingerprint density at radius 1 is 1.23 bits per heavy atom. The number of ether oxygens (including phenoxy) is 1. The minimum Gasteiger partial charge on any atom is -0.480 e. The van der Waals surface area contributed by atoms with Gasteiger partial charge < -0.3 is 15.0 Å². The van der Waals surface area contributed by atoms with Gasteiger partial charge in [0.2, 0.25) is 0 Å². The standard InChI is InChI=1S/C17H21ClN2O2/c18-14-1-2-15-13(7-14)8-16(22-15)17(21)20-5-3-11-9-19-10-12(11)4-6-20/h1-2,7,11-12,16,19H,3-6,8-10H2/t11-,12+,16?. The molecule has 4 rings (SSSR count). The lowest BCUT2D eigenvalue weighted by molar-refractivity contribution is -0.137. The van der Waals surface area contributed by atoms with Crippen molar-refractivity contribution in [3.63, 3.8) is 0 Å². The molecule has 0 saturated carbocycles. The first-order valence-corrected chi connectivity index (χ1v) is 8.53. The zero-order valence-electron chi connectivity index (χ0n) is 12.6. The van der Waals surface area contributed by atoms with Gasteiger partial charge in [0.05, 0.1) is 0 Å². The van der Waals surface area contributed by atoms with Crippen molar-refractivity contribution in [2.45, 2.75) is 25.4 Å². The second-order valence-corrected chi connectivity index (χ2v) is 7.08. The maximum atomic E-state index is 12.8. The van der Waals surface area contributed by atoms with Gasteiger partial charge in [0, 0.05) is 24.5 Å². The average Bonchev–Trinajstić information content (AvgIpc) is 3.08. The molecular weight excluding hydrogens is 300 g/mol. The first-order valence-electron chi connectivity index (χ1n) is 8.15. The molecule has 3 aliphatic rings. The predicted octanol–water partition coefficient (Wildman–Crippen LogP) is 2.10. The fourth-order valence-corrected chi connectivity index (χ4v) is 4.19. The van der Waals surface area contributed by atoms with Crippen LogP contribution in [0.1, 0.15) is 18.4 Å². The molecule has 3 aliphatic heterocycles. The summed E-state index contributed by atoms with van der Waals surface area (Å²) in [5.74, 6) is 2.41. The van der Waals surface area contributed by atoms with Crippen LogP contribution in [0.5, 0.6) is 5.75 Å². The largest absolute Gasteiger partial charge is 0.480 e. The van der Waals surface area contributed by atoms with Crippen molar-refractivity contribution in [2.24, 2.45) is 11.8 Å². The third-order valence-corrected chi connectivity index (χ3v) is 5.54. The number of rotatable bonds is 1. The lowest BCUT2D eigenvalue weighted by Crippen LogP contribution is -2.42. The number of nitrogens with zero attached hydrogens (tertiary/aromatic N) is 1. The van der Waals surface area contributed by atoms with Gasteiger partial charge in [-0.15, -0.1) is 0 Å². The number of fused-ring (bicyclic) bond motifs is 2. The monoisotopic (exact) mass is 320 g/mol. The zero-order chi connectivity index (χ0) is 15.1. The summed E-state index contributed by atoms with van der Waals surface area (Å²) >= 11 is 6.02. The molecule has 3 heterocycles. The second kappa shape index (κ2) is 5.74. The predicted molar refractivity (Wildman–Crippen MR) is 85.2 cm³/mol. The molecule has 0 radical (unpaired) electrons. The normalized spacial score (nSPS) is 30.4. The summed E-state index contributed by atoms with van der Waals surface area (Å²) < 4.78 is 5.85. The Morgan fingerprint density at radius 2 is 1.95 bits per heavy atom. The summed E-state index contributed by atoms with van der Waals surface area (Å²) in [7, 11) is 0. The van der Waals surface area contributed by atoms with Gasteiger partial charge in [-0.2, -0.15) is 0 Å². The number of likely N-dealkylation sites (tertiary alicyclic amines) is 1. The molecule has 0 aliphatic carbocycles. The third-order valence-electron chi connectivity index (χ3n) is 5.30. The number of amides is 1. The van der Waals surface area contributed by atoms with Crippen molar-refractivity contribution < 1.29 is 9.53 Å². The highest BCUT2D eigenvalue weighted by Crippen LogP contribution is 2.33. The highest BCUT2D eigenvalue weighted by atomic mass is 35.5. The van der Waals surface area contributed by atoms with E-state index in [0.29, 0.717) is 11.4 Å². The number of carbonyl (C=O) groups excluding carboxylic acids is 1. The van der Waals surface area contributed by atoms with Crippen LogP contribution in [0.15, 0.2) is 18.2 Å². The van der Waals surface area contributed by atoms with Gasteiger partial charge in [-0.25, -0.2) is 0 Å². The number of nitrogens with one attached hydrogen (secondary N) is 1. The van der Waals surface area contributed by atoms with Gasteiger partial charge in [-0.3, -0.25) is 4.79 Å². The van der Waals surface area contributed by atoms with Crippen LogP contribution in [0.4, 0.5) is 0 Å². The maximum absolute atomic E-state index is 12.8. The Morgan fingerprint density at radius 3 is 2.68 bits per heavy atom. The van der Waals surface area contributed by atoms with Crippen molar-refractivity contribution in [1.82, 2.24) is 10.2 Å². The number of carbonyl (C=O) groups is 1. The zero-order valence-corrected chi connectivity index (χ0v) is 13.3. The van der Waals surface area contributed by atoms with E-state index in [0.717, 1.165) is 62.2 Å². The molecule has 3 atom stereocenters. The third kappa shape index (κ3) is 2.59. The van der Waals surface area contributed by atoms with Crippen molar-refractivity contribution >= 4 is 17.5 Å². The van der Waals surface area contributed by atoms with Crippen LogP contribution < -0.4 is 10.1 Å². The molecule has 1 unspecified atom stereocenters. The number of hydrogen-bond donors (Lipinski definition) is 1. The molecular formula is C17H21ClN2O2. The summed E-state index contributed by atoms with van der Waals surface area (Å²) in [6, 6.07) is 5.58. The Labute approximate surface area is 135 Å². The van der Waals surface area contributed by atoms with Gasteiger partial charge >= 0.3 is 0 Å². The summed E-state index contributed by atoms with van der Waals surface area (Å²) in [6.45, 7) is 3.93. The van der Waals surface area contributed by atoms with Crippen molar-refractivity contribution in [2.75, 3.05) is 26.2 Å². The van der Waals surface area contributed by atoms with Gasteiger partial charge in [0.15, 0.2) is 6.10 Å². The molecule has 1 amide bonds. The highest BCUT2D eigenvalue weighted by Gasteiger charge is 2.36. The van der Waals surface area contributed by atoms with E-state index in [1.54, 1.807) is 0 Å². The second-order valence-electron chi connectivity index (χ2n) is 6.64. The van der Waals surface area contributed by atoms with Crippen LogP contribution in [0.25, 0.3) is 0 Å². The average molecular weight is 321 g/mol. The fraction of sp³-hybridized carbons (Fsp3) is 0.588. The van der Waals surface area contributed by atoms with Crippen molar-refractivity contribution in [3.05, 3.63) is 28.8 Å². The van der Waals surface area contributed by atoms with Gasteiger partial charge in [0.1, 0.15) is 5.75 Å². The minimum atomic E-state index is -0.371. The van der Waals surface area contributed by atoms with Crippen molar-refractivity contribution in [3.8, 4) is 5.75 Å². The molecule has 5 heteroatoms. The van der Waals surface area contributed by atoms with E-state index in [4.69, 9.17) is 16.3 Å². The van der Waals surface area contributed by atoms with Gasteiger partial charge in [0.25, 0.3) is 5.91 Å². The fourth-order valence-electron chi connectivity index (χ4n) is 4.00. The maximum Gasteiger partial charge on any atom is 0.263 e. The van der Waals surface area contributed by atoms with Crippen LogP contribution in [-0.4, -0.2) is 43.1 Å². The topological polar surface area (TPSA) is 41.6 Å². The number of halogens is 1. The lowest BCUT2D eigenvalue weighted by Gasteiger charge is -2.24. The van der Waals surface area contributed by atoms with E-state index in [-0.39, 0.29) is 12.0 Å². The van der Waals surface area contributed by atoms with E-state index in [1.807, 2.05) is 23.1 Å². The Bertz CT molecular complexity index is 578. The van der Waals surface area contributed by atoms with Crippen LogP contribution in [0.2, 0.25) is 5.02 Å². The van der Waals surface area contributed by atoms with E-state index >= 15 is 0 Å². The first kappa shape index (κ1) is 14.3. The molecule has 0 bridgehead atoms. The molecule has 1 aromatic rings. The van der Waals surface area contributed by atoms with Crippen LogP contribution in [0, 0.1) is 11.8 Å². The molecule has 22 heavy (non-hydrogen) atoms. The summed E-state index contributed by atoms with van der Waals surface area (Å²) in [5, 5.41) is 4.17. The summed E-state index contributed by atoms with van der Waals surface area (Å²) in [6.07, 6.45) is 2.48. The molecule has 2 fully saturated rings. The van der Waals surface area contributed by atoms with Crippen molar-refractivity contribution in [1.29, 1.82) is 0 Å². The Kier molecular flexibility index (Phi) is 3.74. The van der Waals surface area contributed by atoms with Gasteiger partial charge in [-0.05, 0) is 61.5 Å². The van der Waals surface area contributed by atoms with Gasteiger partial charge in [-0.1, -0.05) is 11.6 Å². The highest BCUT2D eigenvalue weighted by molar-refractivity contribution is 6.30. The smallest absolute Gasteiger partial charge is 0.263 e. The molecule has 1 aromatic carbocycles. The quantitative estimate of drug-likeness (QED) is 0.861. The first-order chi connectivity index (χ1) is 10.7. The molecule has 0 spiro atoms. The van der Waals surface area contributed by atoms with Crippen LogP contribution >= 0.6 is 11.6 Å². The Balaban J connectivity index is 1.42. The van der Waals surface area contributed by atoms with Crippen LogP contribution in [0.3, 0.4) is 0 Å². The molecule has 118 valence electrons. The molecule has 1 N–H and O–H groups in total. The minimum absolute atomic E-state index is 0.139. The molecule has 2 saturated heterocycles. The Hall–Kier alpha value is -1.26. The number of benzene rings is 1. The summed E-state index contributed by atoms with van der Waals surface area (Å²) in [5.41, 5.74) is 1.04. The van der Waals surface area contributed by atoms with E-state index < -0.39 is 0 Å². The van der Waals surface area contributed by atoms with E-state index in [1.165, 1.54) is 0 Å². The van der Waals surface area contributed by atoms with Crippen LogP contribution in [-0.2, 0) is 11.2 Å². The SMILES string of the molecule is O=C(C1Cc2cc(Cl)ccc2O1)N1CC[C@@H]2CNC[C@@H]2CC1. The lowest BCUT2D eigenvalue weighted by atomic mass is 9.92. The molecule has 4 nitrogen and oxygen atoms in total.